The number of carbonyl (C=O) groups is 3. The molecule has 0 fully saturated rings. The molecule has 0 atom stereocenters. The second-order valence-electron chi connectivity index (χ2n) is 5.42. The van der Waals surface area contributed by atoms with Crippen molar-refractivity contribution in [3.05, 3.63) is 95.3 Å². The summed E-state index contributed by atoms with van der Waals surface area (Å²) in [6, 6.07) is 18.8. The summed E-state index contributed by atoms with van der Waals surface area (Å²) in [5, 5.41) is 0. The molecule has 25 heavy (non-hydrogen) atoms. The molecule has 0 saturated heterocycles. The summed E-state index contributed by atoms with van der Waals surface area (Å²) in [6.07, 6.45) is 0.426. The lowest BCUT2D eigenvalue weighted by Crippen LogP contribution is -2.15. The van der Waals surface area contributed by atoms with Crippen molar-refractivity contribution in [1.82, 2.24) is 0 Å². The predicted molar refractivity (Wildman–Crippen MR) is 92.3 cm³/mol. The van der Waals surface area contributed by atoms with Crippen LogP contribution in [0.5, 0.6) is 0 Å². The Morgan fingerprint density at radius 3 is 2.16 bits per heavy atom. The highest BCUT2D eigenvalue weighted by atomic mass is 19.1. The minimum Gasteiger partial charge on any atom is -0.298 e. The zero-order valence-electron chi connectivity index (χ0n) is 13.1. The molecule has 0 unspecified atom stereocenters. The molecule has 0 aliphatic heterocycles. The highest BCUT2D eigenvalue weighted by molar-refractivity contribution is 6.50. The monoisotopic (exact) mass is 332 g/mol. The van der Waals surface area contributed by atoms with E-state index in [0.717, 1.165) is 0 Å². The number of aldehydes is 1. The number of Topliss-reactive ketones (excluding diaryl/α,β-unsaturated/α-hetero) is 2. The fourth-order valence-electron chi connectivity index (χ4n) is 2.57. The van der Waals surface area contributed by atoms with E-state index in [2.05, 4.69) is 0 Å². The first-order valence-corrected chi connectivity index (χ1v) is 7.60. The quantitative estimate of drug-likeness (QED) is 0.396. The standard InChI is InChI=1S/C21H13FO3/c22-19-12-15(10-11-16(19)13-23)17-8-4-5-9-18(17)21(25)20(24)14-6-2-1-3-7-14/h1-13H. The Hall–Kier alpha value is -3.40. The van der Waals surface area contributed by atoms with Crippen LogP contribution in [-0.2, 0) is 0 Å². The van der Waals surface area contributed by atoms with Crippen molar-refractivity contribution in [2.24, 2.45) is 0 Å². The minimum absolute atomic E-state index is 0.0621. The second kappa shape index (κ2) is 7.01. The van der Waals surface area contributed by atoms with Crippen molar-refractivity contribution in [1.29, 1.82) is 0 Å². The van der Waals surface area contributed by atoms with Crippen LogP contribution in [0.15, 0.2) is 72.8 Å². The number of hydrogen-bond acceptors (Lipinski definition) is 3. The van der Waals surface area contributed by atoms with E-state index in [1.54, 1.807) is 54.6 Å². The molecule has 0 saturated carbocycles. The van der Waals surface area contributed by atoms with E-state index >= 15 is 0 Å². The molecule has 3 nitrogen and oxygen atoms in total. The third kappa shape index (κ3) is 3.28. The predicted octanol–water partition coefficient (Wildman–Crippen LogP) is 4.37. The normalized spacial score (nSPS) is 10.3. The molecule has 3 rings (SSSR count). The number of benzene rings is 3. The number of ketones is 2. The topological polar surface area (TPSA) is 51.2 Å². The third-order valence-corrected chi connectivity index (χ3v) is 3.85. The van der Waals surface area contributed by atoms with Gasteiger partial charge in [-0.05, 0) is 23.3 Å². The van der Waals surface area contributed by atoms with Crippen LogP contribution in [0.4, 0.5) is 4.39 Å². The van der Waals surface area contributed by atoms with Gasteiger partial charge in [-0.1, -0.05) is 60.7 Å². The van der Waals surface area contributed by atoms with Gasteiger partial charge in [0.15, 0.2) is 6.29 Å². The van der Waals surface area contributed by atoms with Crippen LogP contribution >= 0.6 is 0 Å². The molecule has 122 valence electrons. The van der Waals surface area contributed by atoms with Crippen molar-refractivity contribution >= 4 is 17.9 Å². The Bertz CT molecular complexity index is 962. The van der Waals surface area contributed by atoms with E-state index < -0.39 is 17.4 Å². The van der Waals surface area contributed by atoms with Crippen molar-refractivity contribution in [3.63, 3.8) is 0 Å². The van der Waals surface area contributed by atoms with Gasteiger partial charge >= 0.3 is 0 Å². The first kappa shape index (κ1) is 16.5. The molecule has 0 spiro atoms. The Morgan fingerprint density at radius 2 is 1.48 bits per heavy atom. The third-order valence-electron chi connectivity index (χ3n) is 3.85. The van der Waals surface area contributed by atoms with Crippen LogP contribution in [0.3, 0.4) is 0 Å². The van der Waals surface area contributed by atoms with Crippen LogP contribution in [0.25, 0.3) is 11.1 Å². The van der Waals surface area contributed by atoms with Gasteiger partial charge in [0.05, 0.1) is 5.56 Å². The molecule has 3 aromatic carbocycles. The Morgan fingerprint density at radius 1 is 0.800 bits per heavy atom. The number of carbonyl (C=O) groups excluding carboxylic acids is 3. The van der Waals surface area contributed by atoms with Crippen molar-refractivity contribution < 1.29 is 18.8 Å². The number of halogens is 1. The van der Waals surface area contributed by atoms with Crippen molar-refractivity contribution in [2.75, 3.05) is 0 Å². The van der Waals surface area contributed by atoms with Crippen molar-refractivity contribution in [2.45, 2.75) is 0 Å². The van der Waals surface area contributed by atoms with Crippen molar-refractivity contribution in [3.8, 4) is 11.1 Å². The second-order valence-corrected chi connectivity index (χ2v) is 5.42. The molecule has 0 N–H and O–H groups in total. The highest BCUT2D eigenvalue weighted by Crippen LogP contribution is 2.26. The Labute approximate surface area is 143 Å². The van der Waals surface area contributed by atoms with E-state index in [4.69, 9.17) is 0 Å². The van der Waals surface area contributed by atoms with Gasteiger partial charge in [-0.15, -0.1) is 0 Å². The first-order chi connectivity index (χ1) is 12.1. The van der Waals surface area contributed by atoms with Gasteiger partial charge in [0.2, 0.25) is 11.6 Å². The van der Waals surface area contributed by atoms with Gasteiger partial charge in [-0.3, -0.25) is 14.4 Å². The van der Waals surface area contributed by atoms with Gasteiger partial charge in [0, 0.05) is 11.1 Å². The largest absolute Gasteiger partial charge is 0.298 e. The Kier molecular flexibility index (Phi) is 4.61. The molecule has 4 heteroatoms. The maximum Gasteiger partial charge on any atom is 0.234 e. The van der Waals surface area contributed by atoms with Crippen LogP contribution in [0.2, 0.25) is 0 Å². The van der Waals surface area contributed by atoms with E-state index in [1.807, 2.05) is 0 Å². The molecule has 0 radical (unpaired) electrons. The van der Waals surface area contributed by atoms with Crippen LogP contribution in [0.1, 0.15) is 31.1 Å². The molecule has 0 aromatic heterocycles. The molecule has 3 aromatic rings. The lowest BCUT2D eigenvalue weighted by Gasteiger charge is -2.09. The lowest BCUT2D eigenvalue weighted by molar-refractivity contribution is 0.0817. The molecule has 0 aliphatic carbocycles. The zero-order chi connectivity index (χ0) is 17.8. The van der Waals surface area contributed by atoms with E-state index in [-0.39, 0.29) is 11.1 Å². The molecule has 0 heterocycles. The van der Waals surface area contributed by atoms with E-state index in [9.17, 15) is 18.8 Å². The average Bonchev–Trinajstić information content (AvgIpc) is 2.67. The lowest BCUT2D eigenvalue weighted by atomic mass is 9.93. The maximum atomic E-state index is 13.9. The summed E-state index contributed by atoms with van der Waals surface area (Å²) in [5.41, 5.74) is 1.29. The molecule has 0 amide bonds. The molecule has 0 aliphatic rings. The van der Waals surface area contributed by atoms with Crippen LogP contribution < -0.4 is 0 Å². The summed E-state index contributed by atoms with van der Waals surface area (Å²) in [6.45, 7) is 0. The SMILES string of the molecule is O=Cc1ccc(-c2ccccc2C(=O)C(=O)c2ccccc2)cc1F. The summed E-state index contributed by atoms with van der Waals surface area (Å²) in [7, 11) is 0. The minimum atomic E-state index is -0.677. The Balaban J connectivity index is 2.04. The van der Waals surface area contributed by atoms with Gasteiger partial charge < -0.3 is 0 Å². The van der Waals surface area contributed by atoms with Crippen LogP contribution in [0, 0.1) is 5.82 Å². The van der Waals surface area contributed by atoms with Gasteiger partial charge in [0.1, 0.15) is 5.82 Å². The molecular formula is C21H13FO3. The number of rotatable bonds is 5. The zero-order valence-corrected chi connectivity index (χ0v) is 13.1. The van der Waals surface area contributed by atoms with E-state index in [1.165, 1.54) is 18.2 Å². The van der Waals surface area contributed by atoms with E-state index in [0.29, 0.717) is 23.0 Å². The summed E-state index contributed by atoms with van der Waals surface area (Å²) in [5.74, 6) is -1.97. The average molecular weight is 332 g/mol. The van der Waals surface area contributed by atoms with Gasteiger partial charge in [-0.25, -0.2) is 4.39 Å². The van der Waals surface area contributed by atoms with Gasteiger partial charge in [0.25, 0.3) is 0 Å². The fraction of sp³-hybridized carbons (Fsp3) is 0. The highest BCUT2D eigenvalue weighted by Gasteiger charge is 2.21. The summed E-state index contributed by atoms with van der Waals surface area (Å²) >= 11 is 0. The summed E-state index contributed by atoms with van der Waals surface area (Å²) in [4.78, 5) is 35.8. The first-order valence-electron chi connectivity index (χ1n) is 7.60. The smallest absolute Gasteiger partial charge is 0.234 e. The van der Waals surface area contributed by atoms with Gasteiger partial charge in [-0.2, -0.15) is 0 Å². The van der Waals surface area contributed by atoms with Crippen LogP contribution in [-0.4, -0.2) is 17.9 Å². The fourth-order valence-corrected chi connectivity index (χ4v) is 2.57. The maximum absolute atomic E-state index is 13.9. The number of hydrogen-bond donors (Lipinski definition) is 0. The molecular weight excluding hydrogens is 319 g/mol. The molecule has 0 bridgehead atoms. The summed E-state index contributed by atoms with van der Waals surface area (Å²) < 4.78 is 13.9.